The predicted octanol–water partition coefficient (Wildman–Crippen LogP) is 1.06. The van der Waals surface area contributed by atoms with Crippen molar-refractivity contribution in [2.24, 2.45) is 0 Å². The fourth-order valence-electron chi connectivity index (χ4n) is 0.827. The van der Waals surface area contributed by atoms with Gasteiger partial charge in [0.15, 0.2) is 0 Å². The van der Waals surface area contributed by atoms with Gasteiger partial charge in [0.2, 0.25) is 0 Å². The molecule has 0 aliphatic heterocycles. The average Bonchev–Trinajstić information content (AvgIpc) is 2.18. The number of hydrogen-bond acceptors (Lipinski definition) is 5. The summed E-state index contributed by atoms with van der Waals surface area (Å²) in [6, 6.07) is 1.45. The lowest BCUT2D eigenvalue weighted by Crippen LogP contribution is -2.05. The second-order valence-corrected chi connectivity index (χ2v) is 2.29. The van der Waals surface area contributed by atoms with Crippen LogP contribution >= 0.6 is 0 Å². The van der Waals surface area contributed by atoms with Crippen molar-refractivity contribution in [1.29, 1.82) is 0 Å². The monoisotopic (exact) mass is 182 g/mol. The molecule has 0 unspecified atom stereocenters. The summed E-state index contributed by atoms with van der Waals surface area (Å²) in [5.74, 6) is -0.452. The Morgan fingerprint density at radius 3 is 3.08 bits per heavy atom. The first-order valence-corrected chi connectivity index (χ1v) is 3.80. The number of esters is 1. The van der Waals surface area contributed by atoms with E-state index in [9.17, 15) is 4.79 Å². The Bertz CT molecular complexity index is 301. The smallest absolute Gasteiger partial charge is 0.339 e. The lowest BCUT2D eigenvalue weighted by molar-refractivity contribution is 0.0526. The highest BCUT2D eigenvalue weighted by Crippen LogP contribution is 2.08. The van der Waals surface area contributed by atoms with Crippen LogP contribution in [-0.4, -0.2) is 22.8 Å². The topological polar surface area (TPSA) is 71.5 Å². The minimum atomic E-state index is -0.452. The molecule has 0 aliphatic carbocycles. The minimum Gasteiger partial charge on any atom is -0.462 e. The van der Waals surface area contributed by atoms with Crippen LogP contribution in [0, 0.1) is 0 Å². The Morgan fingerprint density at radius 1 is 1.69 bits per heavy atom. The number of carbonyl (C=O) groups is 1. The van der Waals surface area contributed by atoms with E-state index in [0.29, 0.717) is 17.9 Å². The van der Waals surface area contributed by atoms with E-state index in [1.165, 1.54) is 18.5 Å². The first-order valence-electron chi connectivity index (χ1n) is 3.80. The molecule has 5 heteroatoms. The van der Waals surface area contributed by atoms with Crippen LogP contribution in [-0.2, 0) is 4.74 Å². The number of nitrogens with zero attached hydrogens (tertiary/aromatic N) is 1. The van der Waals surface area contributed by atoms with Crippen molar-refractivity contribution in [3.05, 3.63) is 24.0 Å². The van der Waals surface area contributed by atoms with Gasteiger partial charge in [0.25, 0.3) is 0 Å². The SMILES string of the molecule is CCOC(=O)c1cncc(NO)c1. The van der Waals surface area contributed by atoms with Gasteiger partial charge in [0.05, 0.1) is 24.1 Å². The molecule has 1 aromatic heterocycles. The fraction of sp³-hybridized carbons (Fsp3) is 0.250. The van der Waals surface area contributed by atoms with Gasteiger partial charge >= 0.3 is 5.97 Å². The summed E-state index contributed by atoms with van der Waals surface area (Å²) >= 11 is 0. The standard InChI is InChI=1S/C8H10N2O3/c1-2-13-8(11)6-3-7(10-12)5-9-4-6/h3-5,10,12H,2H2,1H3. The predicted molar refractivity (Wildman–Crippen MR) is 45.6 cm³/mol. The molecule has 2 N–H and O–H groups in total. The van der Waals surface area contributed by atoms with E-state index >= 15 is 0 Å². The van der Waals surface area contributed by atoms with Crippen LogP contribution in [0.25, 0.3) is 0 Å². The molecule has 13 heavy (non-hydrogen) atoms. The maximum atomic E-state index is 11.1. The summed E-state index contributed by atoms with van der Waals surface area (Å²) in [6.45, 7) is 2.04. The maximum Gasteiger partial charge on any atom is 0.339 e. The molecule has 0 atom stereocenters. The van der Waals surface area contributed by atoms with Crippen molar-refractivity contribution in [2.75, 3.05) is 12.1 Å². The van der Waals surface area contributed by atoms with Gasteiger partial charge in [0.1, 0.15) is 0 Å². The summed E-state index contributed by atoms with van der Waals surface area (Å²) in [7, 11) is 0. The Hall–Kier alpha value is -1.62. The number of ether oxygens (including phenoxy) is 1. The van der Waals surface area contributed by atoms with E-state index in [2.05, 4.69) is 4.98 Å². The molecular weight excluding hydrogens is 172 g/mol. The van der Waals surface area contributed by atoms with Crippen molar-refractivity contribution < 1.29 is 14.7 Å². The number of aromatic nitrogens is 1. The van der Waals surface area contributed by atoms with Crippen LogP contribution in [0.5, 0.6) is 0 Å². The minimum absolute atomic E-state index is 0.306. The zero-order valence-corrected chi connectivity index (χ0v) is 7.15. The molecule has 1 heterocycles. The molecule has 0 spiro atoms. The Balaban J connectivity index is 2.82. The van der Waals surface area contributed by atoms with Gasteiger partial charge in [-0.05, 0) is 13.0 Å². The number of anilines is 1. The van der Waals surface area contributed by atoms with Gasteiger partial charge in [-0.3, -0.25) is 15.7 Å². The third-order valence-corrected chi connectivity index (χ3v) is 1.38. The van der Waals surface area contributed by atoms with Crippen LogP contribution in [0.4, 0.5) is 5.69 Å². The van der Waals surface area contributed by atoms with Crippen molar-refractivity contribution in [2.45, 2.75) is 6.92 Å². The molecule has 0 saturated carbocycles. The Labute approximate surface area is 75.3 Å². The molecule has 70 valence electrons. The summed E-state index contributed by atoms with van der Waals surface area (Å²) in [6.07, 6.45) is 2.77. The molecule has 0 bridgehead atoms. The second-order valence-electron chi connectivity index (χ2n) is 2.29. The number of carbonyl (C=O) groups excluding carboxylic acids is 1. The number of pyridine rings is 1. The molecule has 1 aromatic rings. The van der Waals surface area contributed by atoms with Gasteiger partial charge < -0.3 is 4.74 Å². The zero-order valence-electron chi connectivity index (χ0n) is 7.15. The van der Waals surface area contributed by atoms with Gasteiger partial charge in [-0.15, -0.1) is 0 Å². The largest absolute Gasteiger partial charge is 0.462 e. The summed E-state index contributed by atoms with van der Waals surface area (Å²) < 4.78 is 4.74. The molecule has 0 aliphatic rings. The molecule has 1 rings (SSSR count). The summed E-state index contributed by atoms with van der Waals surface area (Å²) in [5, 5.41) is 8.53. The lowest BCUT2D eigenvalue weighted by Gasteiger charge is -2.02. The quantitative estimate of drug-likeness (QED) is 0.540. The number of nitrogens with one attached hydrogen (secondary N) is 1. The molecule has 0 saturated heterocycles. The number of rotatable bonds is 3. The molecule has 0 aromatic carbocycles. The average molecular weight is 182 g/mol. The zero-order chi connectivity index (χ0) is 9.68. The van der Waals surface area contributed by atoms with E-state index in [-0.39, 0.29) is 0 Å². The van der Waals surface area contributed by atoms with Crippen molar-refractivity contribution >= 4 is 11.7 Å². The molecular formula is C8H10N2O3. The third kappa shape index (κ3) is 2.41. The van der Waals surface area contributed by atoms with Crippen molar-refractivity contribution in [1.82, 2.24) is 4.98 Å². The first-order chi connectivity index (χ1) is 6.27. The molecule has 0 radical (unpaired) electrons. The van der Waals surface area contributed by atoms with E-state index in [1.807, 2.05) is 5.48 Å². The Kier molecular flexibility index (Phi) is 3.22. The van der Waals surface area contributed by atoms with Gasteiger partial charge in [0, 0.05) is 6.20 Å². The van der Waals surface area contributed by atoms with E-state index in [1.54, 1.807) is 6.92 Å². The van der Waals surface area contributed by atoms with Crippen LogP contribution < -0.4 is 5.48 Å². The normalized spacial score (nSPS) is 9.38. The summed E-state index contributed by atoms with van der Waals surface area (Å²) in [4.78, 5) is 14.9. The van der Waals surface area contributed by atoms with Crippen LogP contribution in [0.1, 0.15) is 17.3 Å². The highest BCUT2D eigenvalue weighted by atomic mass is 16.5. The van der Waals surface area contributed by atoms with Gasteiger partial charge in [-0.1, -0.05) is 0 Å². The van der Waals surface area contributed by atoms with E-state index in [0.717, 1.165) is 0 Å². The molecule has 0 fully saturated rings. The van der Waals surface area contributed by atoms with Crippen molar-refractivity contribution in [3.63, 3.8) is 0 Å². The molecule has 0 amide bonds. The van der Waals surface area contributed by atoms with Gasteiger partial charge in [-0.25, -0.2) is 4.79 Å². The summed E-state index contributed by atoms with van der Waals surface area (Å²) in [5.41, 5.74) is 2.55. The first kappa shape index (κ1) is 9.47. The van der Waals surface area contributed by atoms with Crippen LogP contribution in [0.15, 0.2) is 18.5 Å². The second kappa shape index (κ2) is 4.42. The lowest BCUT2D eigenvalue weighted by atomic mass is 10.3. The fourth-order valence-corrected chi connectivity index (χ4v) is 0.827. The third-order valence-electron chi connectivity index (χ3n) is 1.38. The van der Waals surface area contributed by atoms with Gasteiger partial charge in [-0.2, -0.15) is 0 Å². The van der Waals surface area contributed by atoms with E-state index in [4.69, 9.17) is 9.94 Å². The van der Waals surface area contributed by atoms with Crippen LogP contribution in [0.2, 0.25) is 0 Å². The highest BCUT2D eigenvalue weighted by Gasteiger charge is 2.06. The van der Waals surface area contributed by atoms with Crippen LogP contribution in [0.3, 0.4) is 0 Å². The highest BCUT2D eigenvalue weighted by molar-refractivity contribution is 5.89. The number of hydrogen-bond donors (Lipinski definition) is 2. The van der Waals surface area contributed by atoms with E-state index < -0.39 is 5.97 Å². The molecule has 5 nitrogen and oxygen atoms in total. The van der Waals surface area contributed by atoms with Crippen molar-refractivity contribution in [3.8, 4) is 0 Å². The Morgan fingerprint density at radius 2 is 2.46 bits per heavy atom. The maximum absolute atomic E-state index is 11.1.